The van der Waals surface area contributed by atoms with Crippen molar-refractivity contribution in [2.24, 2.45) is 7.05 Å². The van der Waals surface area contributed by atoms with Crippen LogP contribution < -0.4 is 0 Å². The highest BCUT2D eigenvalue weighted by Gasteiger charge is 2.19. The number of nitrogens with zero attached hydrogens (tertiary/aromatic N) is 4. The van der Waals surface area contributed by atoms with Gasteiger partial charge in [0.1, 0.15) is 5.01 Å². The van der Waals surface area contributed by atoms with Crippen molar-refractivity contribution in [2.45, 2.75) is 17.8 Å². The monoisotopic (exact) mass is 460 g/mol. The lowest BCUT2D eigenvalue weighted by molar-refractivity contribution is 0.794. The number of rotatable bonds is 6. The number of thiophene rings is 1. The molecule has 0 aliphatic carbocycles. The van der Waals surface area contributed by atoms with Gasteiger partial charge in [-0.3, -0.25) is 0 Å². The molecule has 0 aliphatic rings. The number of thiazole rings is 1. The number of thioether (sulfide) groups is 1. The van der Waals surface area contributed by atoms with E-state index >= 15 is 0 Å². The van der Waals surface area contributed by atoms with Crippen LogP contribution in [-0.2, 0) is 12.8 Å². The minimum absolute atomic E-state index is 0.767. The van der Waals surface area contributed by atoms with Crippen LogP contribution in [0.3, 0.4) is 0 Å². The summed E-state index contributed by atoms with van der Waals surface area (Å²) in [5.74, 6) is 1.66. The summed E-state index contributed by atoms with van der Waals surface area (Å²) in [4.78, 5) is 6.08. The number of benzene rings is 2. The summed E-state index contributed by atoms with van der Waals surface area (Å²) in [7, 11) is 2.04. The lowest BCUT2D eigenvalue weighted by atomic mass is 10.0. The van der Waals surface area contributed by atoms with Gasteiger partial charge in [0.2, 0.25) is 0 Å². The zero-order chi connectivity index (χ0) is 21.2. The lowest BCUT2D eigenvalue weighted by Gasteiger charge is -2.07. The van der Waals surface area contributed by atoms with Crippen LogP contribution in [0.2, 0.25) is 0 Å². The Morgan fingerprint density at radius 1 is 0.871 bits per heavy atom. The topological polar surface area (TPSA) is 43.6 Å². The summed E-state index contributed by atoms with van der Waals surface area (Å²) in [6.45, 7) is 2.16. The number of hydrogen-bond donors (Lipinski definition) is 0. The van der Waals surface area contributed by atoms with Crippen molar-refractivity contribution in [3.8, 4) is 33.1 Å². The molecule has 0 amide bonds. The van der Waals surface area contributed by atoms with E-state index in [-0.39, 0.29) is 0 Å². The predicted octanol–water partition coefficient (Wildman–Crippen LogP) is 6.93. The highest BCUT2D eigenvalue weighted by molar-refractivity contribution is 7.98. The van der Waals surface area contributed by atoms with Gasteiger partial charge in [0.05, 0.1) is 5.69 Å². The van der Waals surface area contributed by atoms with Gasteiger partial charge in [-0.2, -0.15) is 0 Å². The summed E-state index contributed by atoms with van der Waals surface area (Å²) >= 11 is 5.10. The fraction of sp³-hybridized carbons (Fsp3) is 0.125. The Bertz CT molecular complexity index is 1300. The summed E-state index contributed by atoms with van der Waals surface area (Å²) in [6, 6.07) is 20.8. The average Bonchev–Trinajstić information content (AvgIpc) is 3.52. The van der Waals surface area contributed by atoms with E-state index in [9.17, 15) is 0 Å². The molecule has 0 unspecified atom stereocenters. The van der Waals surface area contributed by atoms with Gasteiger partial charge in [0.15, 0.2) is 11.0 Å². The zero-order valence-corrected chi connectivity index (χ0v) is 19.6. The molecule has 2 aromatic carbocycles. The normalized spacial score (nSPS) is 11.2. The van der Waals surface area contributed by atoms with Crippen molar-refractivity contribution in [3.63, 3.8) is 0 Å². The summed E-state index contributed by atoms with van der Waals surface area (Å²) < 4.78 is 2.09. The second kappa shape index (κ2) is 8.78. The van der Waals surface area contributed by atoms with E-state index in [0.29, 0.717) is 0 Å². The summed E-state index contributed by atoms with van der Waals surface area (Å²) in [6.07, 6.45) is 0. The first kappa shape index (κ1) is 20.2. The lowest BCUT2D eigenvalue weighted by Crippen LogP contribution is -1.96. The Morgan fingerprint density at radius 2 is 1.58 bits per heavy atom. The molecule has 0 spiro atoms. The molecule has 31 heavy (non-hydrogen) atoms. The van der Waals surface area contributed by atoms with Crippen molar-refractivity contribution in [3.05, 3.63) is 82.0 Å². The maximum atomic E-state index is 4.79. The molecule has 0 radical (unpaired) electrons. The van der Waals surface area contributed by atoms with Gasteiger partial charge in [-0.1, -0.05) is 72.4 Å². The van der Waals surface area contributed by atoms with E-state index in [2.05, 4.69) is 68.8 Å². The van der Waals surface area contributed by atoms with E-state index in [1.807, 2.05) is 31.3 Å². The number of hydrogen-bond acceptors (Lipinski definition) is 6. The van der Waals surface area contributed by atoms with E-state index < -0.39 is 0 Å². The molecular weight excluding hydrogens is 440 g/mol. The fourth-order valence-electron chi connectivity index (χ4n) is 3.48. The second-order valence-electron chi connectivity index (χ2n) is 7.11. The highest BCUT2D eigenvalue weighted by atomic mass is 32.2. The highest BCUT2D eigenvalue weighted by Crippen LogP contribution is 2.39. The molecule has 0 N–H and O–H groups in total. The van der Waals surface area contributed by atoms with Crippen LogP contribution >= 0.6 is 34.4 Å². The van der Waals surface area contributed by atoms with Gasteiger partial charge >= 0.3 is 0 Å². The molecule has 0 saturated carbocycles. The van der Waals surface area contributed by atoms with Gasteiger partial charge in [0.25, 0.3) is 0 Å². The third kappa shape index (κ3) is 4.08. The van der Waals surface area contributed by atoms with Crippen molar-refractivity contribution in [1.82, 2.24) is 19.7 Å². The Kier molecular flexibility index (Phi) is 5.72. The molecule has 0 fully saturated rings. The quantitative estimate of drug-likeness (QED) is 0.258. The fourth-order valence-corrected chi connectivity index (χ4v) is 6.08. The van der Waals surface area contributed by atoms with Crippen molar-refractivity contribution in [2.75, 3.05) is 0 Å². The van der Waals surface area contributed by atoms with Crippen LogP contribution in [0.4, 0.5) is 0 Å². The van der Waals surface area contributed by atoms with Crippen molar-refractivity contribution < 1.29 is 0 Å². The molecule has 3 aromatic heterocycles. The maximum absolute atomic E-state index is 4.79. The molecule has 0 atom stereocenters. The van der Waals surface area contributed by atoms with Crippen LogP contribution in [0.25, 0.3) is 33.1 Å². The third-order valence-electron chi connectivity index (χ3n) is 5.03. The Labute approximate surface area is 193 Å². The van der Waals surface area contributed by atoms with Gasteiger partial charge in [-0.05, 0) is 12.5 Å². The van der Waals surface area contributed by atoms with Crippen LogP contribution in [0, 0.1) is 6.92 Å². The van der Waals surface area contributed by atoms with Crippen molar-refractivity contribution in [1.29, 1.82) is 0 Å². The van der Waals surface area contributed by atoms with Crippen LogP contribution in [0.1, 0.15) is 10.6 Å². The maximum Gasteiger partial charge on any atom is 0.191 e. The van der Waals surface area contributed by atoms with Gasteiger partial charge < -0.3 is 4.57 Å². The standard InChI is InChI=1S/C24H20N4S3/c1-16-21(17-9-5-3-6-10-17)20(15-29-16)22-26-27-24(28(22)2)31-14-19-13-30-23(25-19)18-11-7-4-8-12-18/h3-13,15H,14H2,1-2H3. The van der Waals surface area contributed by atoms with E-state index in [1.165, 1.54) is 16.0 Å². The van der Waals surface area contributed by atoms with Gasteiger partial charge in [0, 0.05) is 45.1 Å². The zero-order valence-electron chi connectivity index (χ0n) is 17.1. The SMILES string of the molecule is Cc1scc(-c2nnc(SCc3csc(-c4ccccc4)n3)n2C)c1-c1ccccc1. The third-order valence-corrected chi connectivity index (χ3v) is 7.94. The predicted molar refractivity (Wildman–Crippen MR) is 132 cm³/mol. The Morgan fingerprint density at radius 3 is 2.32 bits per heavy atom. The van der Waals surface area contributed by atoms with Gasteiger partial charge in [-0.25, -0.2) is 4.98 Å². The molecule has 5 rings (SSSR count). The minimum atomic E-state index is 0.767. The Hall–Kier alpha value is -2.74. The Balaban J connectivity index is 1.37. The smallest absolute Gasteiger partial charge is 0.191 e. The molecule has 0 saturated heterocycles. The van der Waals surface area contributed by atoms with E-state index in [0.717, 1.165) is 38.6 Å². The van der Waals surface area contributed by atoms with Crippen LogP contribution in [-0.4, -0.2) is 19.7 Å². The molecule has 7 heteroatoms. The second-order valence-corrected chi connectivity index (χ2v) is 9.99. The van der Waals surface area contributed by atoms with Crippen molar-refractivity contribution >= 4 is 34.4 Å². The molecular formula is C24H20N4S3. The number of aryl methyl sites for hydroxylation is 1. The molecule has 4 nitrogen and oxygen atoms in total. The first-order valence-electron chi connectivity index (χ1n) is 9.86. The average molecular weight is 461 g/mol. The van der Waals surface area contributed by atoms with E-state index in [4.69, 9.17) is 4.98 Å². The molecule has 0 aliphatic heterocycles. The first-order valence-corrected chi connectivity index (χ1v) is 12.6. The largest absolute Gasteiger partial charge is 0.305 e. The number of aromatic nitrogens is 4. The summed E-state index contributed by atoms with van der Waals surface area (Å²) in [5, 5.41) is 15.3. The molecule has 154 valence electrons. The molecule has 0 bridgehead atoms. The molecule has 5 aromatic rings. The first-order chi connectivity index (χ1) is 15.2. The van der Waals surface area contributed by atoms with Crippen LogP contribution in [0.15, 0.2) is 76.6 Å². The van der Waals surface area contributed by atoms with Crippen LogP contribution in [0.5, 0.6) is 0 Å². The molecule has 3 heterocycles. The van der Waals surface area contributed by atoms with Gasteiger partial charge in [-0.15, -0.1) is 32.9 Å². The minimum Gasteiger partial charge on any atom is -0.305 e. The summed E-state index contributed by atoms with van der Waals surface area (Å²) in [5.41, 5.74) is 5.81. The van der Waals surface area contributed by atoms with E-state index in [1.54, 1.807) is 34.4 Å².